The maximum Gasteiger partial charge on any atom is 0.293 e. The van der Waals surface area contributed by atoms with Crippen LogP contribution in [0.25, 0.3) is 0 Å². The lowest BCUT2D eigenvalue weighted by atomic mass is 10.0. The highest BCUT2D eigenvalue weighted by Crippen LogP contribution is 2.40. The molecule has 1 saturated heterocycles. The molecule has 2 aromatic rings. The van der Waals surface area contributed by atoms with Gasteiger partial charge in [0.05, 0.1) is 22.6 Å². The third-order valence-electron chi connectivity index (χ3n) is 3.85. The van der Waals surface area contributed by atoms with Gasteiger partial charge in [-0.2, -0.15) is 5.26 Å². The molecule has 0 bridgehead atoms. The molecule has 1 atom stereocenters. The number of nitro groups is 1. The number of nitro benzene ring substituents is 1. The van der Waals surface area contributed by atoms with Crippen molar-refractivity contribution in [2.45, 2.75) is 25.3 Å². The van der Waals surface area contributed by atoms with Gasteiger partial charge in [0.1, 0.15) is 10.7 Å². The van der Waals surface area contributed by atoms with Crippen LogP contribution in [0.3, 0.4) is 0 Å². The van der Waals surface area contributed by atoms with E-state index in [1.165, 1.54) is 6.07 Å². The average molecular weight is 314 g/mol. The number of hydrogen-bond acceptors (Lipinski definition) is 6. The average Bonchev–Trinajstić information content (AvgIpc) is 3.08. The first kappa shape index (κ1) is 14.5. The van der Waals surface area contributed by atoms with Crippen LogP contribution in [0.2, 0.25) is 0 Å². The summed E-state index contributed by atoms with van der Waals surface area (Å²) in [7, 11) is 0. The Kier molecular flexibility index (Phi) is 4.02. The van der Waals surface area contributed by atoms with Crippen LogP contribution in [0.15, 0.2) is 29.8 Å². The maximum atomic E-state index is 11.4. The third kappa shape index (κ3) is 2.65. The molecule has 1 aliphatic heterocycles. The molecule has 22 heavy (non-hydrogen) atoms. The highest BCUT2D eigenvalue weighted by atomic mass is 32.1. The summed E-state index contributed by atoms with van der Waals surface area (Å²) in [5.41, 5.74) is 0.865. The van der Waals surface area contributed by atoms with Crippen molar-refractivity contribution in [1.82, 2.24) is 4.98 Å². The van der Waals surface area contributed by atoms with Crippen LogP contribution >= 0.6 is 11.3 Å². The largest absolute Gasteiger partial charge is 0.357 e. The number of thiazole rings is 1. The van der Waals surface area contributed by atoms with Gasteiger partial charge in [0, 0.05) is 24.2 Å². The lowest BCUT2D eigenvalue weighted by Crippen LogP contribution is -2.33. The molecule has 112 valence electrons. The van der Waals surface area contributed by atoms with E-state index < -0.39 is 4.92 Å². The Hall–Kier alpha value is -2.46. The summed E-state index contributed by atoms with van der Waals surface area (Å²) >= 11 is 1.57. The lowest BCUT2D eigenvalue weighted by Gasteiger charge is -2.36. The Morgan fingerprint density at radius 1 is 1.45 bits per heavy atom. The Labute approximate surface area is 131 Å². The third-order valence-corrected chi connectivity index (χ3v) is 4.73. The highest BCUT2D eigenvalue weighted by molar-refractivity contribution is 7.09. The minimum absolute atomic E-state index is 0.0116. The second kappa shape index (κ2) is 6.12. The van der Waals surface area contributed by atoms with Gasteiger partial charge >= 0.3 is 0 Å². The zero-order chi connectivity index (χ0) is 15.5. The van der Waals surface area contributed by atoms with Gasteiger partial charge in [-0.25, -0.2) is 4.98 Å². The second-order valence-corrected chi connectivity index (χ2v) is 6.07. The SMILES string of the molecule is N#Cc1ccc(N2CCCCC2c2nccs2)c([N+](=O)[O-])c1. The van der Waals surface area contributed by atoms with E-state index in [1.807, 2.05) is 11.4 Å². The van der Waals surface area contributed by atoms with Crippen LogP contribution in [0.5, 0.6) is 0 Å². The molecule has 0 aliphatic carbocycles. The van der Waals surface area contributed by atoms with Gasteiger partial charge in [0.25, 0.3) is 5.69 Å². The molecule has 3 rings (SSSR count). The van der Waals surface area contributed by atoms with Crippen molar-refractivity contribution >= 4 is 22.7 Å². The first-order chi connectivity index (χ1) is 10.7. The van der Waals surface area contributed by atoms with E-state index in [0.29, 0.717) is 11.3 Å². The number of hydrogen-bond donors (Lipinski definition) is 0. The summed E-state index contributed by atoms with van der Waals surface area (Å²) in [6.45, 7) is 0.761. The van der Waals surface area contributed by atoms with Gasteiger partial charge in [-0.1, -0.05) is 0 Å². The normalized spacial score (nSPS) is 18.0. The fourth-order valence-electron chi connectivity index (χ4n) is 2.86. The Balaban J connectivity index is 2.04. The van der Waals surface area contributed by atoms with E-state index in [1.54, 1.807) is 29.7 Å². The predicted molar refractivity (Wildman–Crippen MR) is 83.9 cm³/mol. The van der Waals surface area contributed by atoms with E-state index in [2.05, 4.69) is 9.88 Å². The van der Waals surface area contributed by atoms with Gasteiger partial charge in [-0.15, -0.1) is 11.3 Å². The predicted octanol–water partition coefficient (Wildman–Crippen LogP) is 3.65. The molecule has 0 radical (unpaired) electrons. The molecule has 2 heterocycles. The zero-order valence-electron chi connectivity index (χ0n) is 11.8. The van der Waals surface area contributed by atoms with Crippen molar-refractivity contribution in [2.24, 2.45) is 0 Å². The minimum Gasteiger partial charge on any atom is -0.357 e. The topological polar surface area (TPSA) is 83.1 Å². The number of benzene rings is 1. The number of anilines is 1. The molecule has 1 aromatic heterocycles. The summed E-state index contributed by atoms with van der Waals surface area (Å²) in [6.07, 6.45) is 4.79. The molecule has 1 unspecified atom stereocenters. The first-order valence-corrected chi connectivity index (χ1v) is 7.93. The fraction of sp³-hybridized carbons (Fsp3) is 0.333. The molecule has 0 amide bonds. The molecule has 1 fully saturated rings. The van der Waals surface area contributed by atoms with E-state index >= 15 is 0 Å². The Morgan fingerprint density at radius 2 is 2.32 bits per heavy atom. The first-order valence-electron chi connectivity index (χ1n) is 7.05. The van der Waals surface area contributed by atoms with Gasteiger partial charge < -0.3 is 4.90 Å². The highest BCUT2D eigenvalue weighted by Gasteiger charge is 2.30. The molecule has 6 nitrogen and oxygen atoms in total. The minimum atomic E-state index is -0.413. The fourth-order valence-corrected chi connectivity index (χ4v) is 3.64. The molecular weight excluding hydrogens is 300 g/mol. The Bertz CT molecular complexity index is 724. The maximum absolute atomic E-state index is 11.4. The van der Waals surface area contributed by atoms with E-state index in [4.69, 9.17) is 5.26 Å². The quantitative estimate of drug-likeness (QED) is 0.638. The van der Waals surface area contributed by atoms with Crippen molar-refractivity contribution in [3.8, 4) is 6.07 Å². The van der Waals surface area contributed by atoms with Crippen molar-refractivity contribution in [2.75, 3.05) is 11.4 Å². The summed E-state index contributed by atoms with van der Waals surface area (Å²) in [5, 5.41) is 23.2. The summed E-state index contributed by atoms with van der Waals surface area (Å²) in [4.78, 5) is 17.4. The molecule has 0 spiro atoms. The van der Waals surface area contributed by atoms with Crippen molar-refractivity contribution in [3.05, 3.63) is 50.5 Å². The van der Waals surface area contributed by atoms with Crippen LogP contribution in [0.4, 0.5) is 11.4 Å². The van der Waals surface area contributed by atoms with E-state index in [0.717, 1.165) is 30.8 Å². The number of nitrogens with zero attached hydrogens (tertiary/aromatic N) is 4. The lowest BCUT2D eigenvalue weighted by molar-refractivity contribution is -0.384. The van der Waals surface area contributed by atoms with Crippen molar-refractivity contribution in [1.29, 1.82) is 5.26 Å². The summed E-state index contributed by atoms with van der Waals surface area (Å²) in [5.74, 6) is 0. The van der Waals surface area contributed by atoms with Gasteiger partial charge in [0.15, 0.2) is 0 Å². The number of rotatable bonds is 3. The number of piperidine rings is 1. The van der Waals surface area contributed by atoms with E-state index in [9.17, 15) is 10.1 Å². The molecular formula is C15H14N4O2S. The van der Waals surface area contributed by atoms with Gasteiger partial charge in [-0.05, 0) is 31.4 Å². The van der Waals surface area contributed by atoms with Crippen molar-refractivity contribution in [3.63, 3.8) is 0 Å². The van der Waals surface area contributed by atoms with Gasteiger partial charge in [-0.3, -0.25) is 10.1 Å². The monoisotopic (exact) mass is 314 g/mol. The van der Waals surface area contributed by atoms with E-state index in [-0.39, 0.29) is 11.7 Å². The van der Waals surface area contributed by atoms with Crippen LogP contribution < -0.4 is 4.90 Å². The smallest absolute Gasteiger partial charge is 0.293 e. The molecule has 1 aliphatic rings. The number of nitriles is 1. The van der Waals surface area contributed by atoms with Crippen LogP contribution in [-0.4, -0.2) is 16.5 Å². The Morgan fingerprint density at radius 3 is 3.00 bits per heavy atom. The molecule has 0 N–H and O–H groups in total. The second-order valence-electron chi connectivity index (χ2n) is 5.15. The number of aromatic nitrogens is 1. The zero-order valence-corrected chi connectivity index (χ0v) is 12.6. The summed E-state index contributed by atoms with van der Waals surface area (Å²) < 4.78 is 0. The van der Waals surface area contributed by atoms with Crippen molar-refractivity contribution < 1.29 is 4.92 Å². The van der Waals surface area contributed by atoms with Gasteiger partial charge in [0.2, 0.25) is 0 Å². The van der Waals surface area contributed by atoms with Crippen LogP contribution in [-0.2, 0) is 0 Å². The standard InChI is InChI=1S/C15H14N4O2S/c16-10-11-4-5-12(14(9-11)19(20)21)18-7-2-1-3-13(18)15-17-6-8-22-15/h4-6,8-9,13H,1-3,7H2. The molecule has 7 heteroatoms. The molecule has 1 aromatic carbocycles. The molecule has 0 saturated carbocycles. The van der Waals surface area contributed by atoms with Crippen LogP contribution in [0, 0.1) is 21.4 Å². The summed E-state index contributed by atoms with van der Waals surface area (Å²) in [6, 6.07) is 6.70. The van der Waals surface area contributed by atoms with Crippen LogP contribution in [0.1, 0.15) is 35.9 Å².